The van der Waals surface area contributed by atoms with Crippen LogP contribution in [0.3, 0.4) is 0 Å². The third kappa shape index (κ3) is 3.29. The number of aromatic nitrogens is 4. The van der Waals surface area contributed by atoms with E-state index in [1.807, 2.05) is 17.0 Å². The highest BCUT2D eigenvalue weighted by molar-refractivity contribution is 7.71. The van der Waals surface area contributed by atoms with Crippen molar-refractivity contribution in [2.24, 2.45) is 7.05 Å². The van der Waals surface area contributed by atoms with Crippen LogP contribution in [-0.4, -0.2) is 44.3 Å². The first-order valence-corrected chi connectivity index (χ1v) is 7.73. The minimum Gasteiger partial charge on any atom is -0.303 e. The summed E-state index contributed by atoms with van der Waals surface area (Å²) >= 11 is 6.80. The van der Waals surface area contributed by atoms with Crippen LogP contribution in [0.2, 0.25) is 0 Å². The zero-order chi connectivity index (χ0) is 13.8. The van der Waals surface area contributed by atoms with E-state index in [1.54, 1.807) is 11.3 Å². The Kier molecular flexibility index (Phi) is 4.84. The van der Waals surface area contributed by atoms with E-state index < -0.39 is 0 Å². The van der Waals surface area contributed by atoms with Crippen molar-refractivity contribution < 1.29 is 0 Å². The predicted molar refractivity (Wildman–Crippen MR) is 81.0 cm³/mol. The summed E-state index contributed by atoms with van der Waals surface area (Å²) in [7, 11) is 1.90. The van der Waals surface area contributed by atoms with Crippen LogP contribution in [0.4, 0.5) is 0 Å². The number of thiazole rings is 1. The predicted octanol–water partition coefficient (Wildman–Crippen LogP) is 2.49. The number of rotatable bonds is 6. The Labute approximate surface area is 122 Å². The SMILES string of the molecule is CCN(CC)CCc1nc(-c2n[nH]c(=S)n2C)cs1. The van der Waals surface area contributed by atoms with Crippen LogP contribution in [0.5, 0.6) is 0 Å². The average molecular weight is 297 g/mol. The van der Waals surface area contributed by atoms with Gasteiger partial charge in [-0.2, -0.15) is 5.10 Å². The maximum atomic E-state index is 5.11. The van der Waals surface area contributed by atoms with Gasteiger partial charge in [-0.05, 0) is 25.3 Å². The Morgan fingerprint density at radius 3 is 2.74 bits per heavy atom. The molecule has 0 aliphatic carbocycles. The Morgan fingerprint density at radius 2 is 2.16 bits per heavy atom. The Morgan fingerprint density at radius 1 is 1.42 bits per heavy atom. The molecule has 19 heavy (non-hydrogen) atoms. The van der Waals surface area contributed by atoms with Gasteiger partial charge in [0.2, 0.25) is 0 Å². The highest BCUT2D eigenvalue weighted by Crippen LogP contribution is 2.20. The van der Waals surface area contributed by atoms with Crippen LogP contribution in [0.25, 0.3) is 11.5 Å². The Bertz CT molecular complexity index is 579. The zero-order valence-electron chi connectivity index (χ0n) is 11.5. The molecule has 0 atom stereocenters. The minimum absolute atomic E-state index is 0.618. The van der Waals surface area contributed by atoms with Gasteiger partial charge in [0.15, 0.2) is 10.6 Å². The van der Waals surface area contributed by atoms with Crippen LogP contribution >= 0.6 is 23.6 Å². The van der Waals surface area contributed by atoms with Gasteiger partial charge in [0, 0.05) is 25.4 Å². The summed E-state index contributed by atoms with van der Waals surface area (Å²) in [5.74, 6) is 0.801. The maximum Gasteiger partial charge on any atom is 0.195 e. The first-order valence-electron chi connectivity index (χ1n) is 6.44. The second-order valence-corrected chi connectivity index (χ2v) is 5.64. The highest BCUT2D eigenvalue weighted by Gasteiger charge is 2.10. The average Bonchev–Trinajstić information content (AvgIpc) is 3.00. The van der Waals surface area contributed by atoms with Crippen molar-refractivity contribution in [2.75, 3.05) is 19.6 Å². The summed E-state index contributed by atoms with van der Waals surface area (Å²) in [6.45, 7) is 7.60. The molecule has 0 amide bonds. The maximum absolute atomic E-state index is 5.11. The van der Waals surface area contributed by atoms with Crippen molar-refractivity contribution >= 4 is 23.6 Å². The van der Waals surface area contributed by atoms with Crippen LogP contribution in [0.1, 0.15) is 18.9 Å². The molecule has 0 fully saturated rings. The fraction of sp³-hybridized carbons (Fsp3) is 0.583. The summed E-state index contributed by atoms with van der Waals surface area (Å²) in [5.41, 5.74) is 0.898. The number of hydrogen-bond donors (Lipinski definition) is 1. The fourth-order valence-corrected chi connectivity index (χ4v) is 2.80. The molecule has 2 aromatic rings. The van der Waals surface area contributed by atoms with E-state index in [-0.39, 0.29) is 0 Å². The fourth-order valence-electron chi connectivity index (χ4n) is 1.90. The molecule has 2 heterocycles. The van der Waals surface area contributed by atoms with Crippen LogP contribution < -0.4 is 0 Å². The van der Waals surface area contributed by atoms with E-state index in [4.69, 9.17) is 12.2 Å². The molecular weight excluding hydrogens is 278 g/mol. The van der Waals surface area contributed by atoms with Gasteiger partial charge in [0.25, 0.3) is 0 Å². The smallest absolute Gasteiger partial charge is 0.195 e. The van der Waals surface area contributed by atoms with Crippen molar-refractivity contribution in [2.45, 2.75) is 20.3 Å². The van der Waals surface area contributed by atoms with Crippen LogP contribution in [0, 0.1) is 4.77 Å². The van der Waals surface area contributed by atoms with Gasteiger partial charge in [-0.1, -0.05) is 13.8 Å². The Hall–Kier alpha value is -1.05. The second-order valence-electron chi connectivity index (χ2n) is 4.31. The molecule has 0 radical (unpaired) electrons. The topological polar surface area (TPSA) is 49.7 Å². The van der Waals surface area contributed by atoms with Crippen molar-refractivity contribution in [3.63, 3.8) is 0 Å². The summed E-state index contributed by atoms with van der Waals surface area (Å²) in [5, 5.41) is 10.2. The van der Waals surface area contributed by atoms with Gasteiger partial charge >= 0.3 is 0 Å². The quantitative estimate of drug-likeness (QED) is 0.832. The standard InChI is InChI=1S/C12H19N5S2/c1-4-17(5-2)7-6-10-13-9(8-19-10)11-14-15-12(18)16(11)3/h8H,4-7H2,1-3H3,(H,15,18). The lowest BCUT2D eigenvalue weighted by atomic mass is 10.4. The van der Waals surface area contributed by atoms with E-state index in [9.17, 15) is 0 Å². The van der Waals surface area contributed by atoms with Crippen molar-refractivity contribution in [3.05, 3.63) is 15.2 Å². The number of nitrogens with one attached hydrogen (secondary N) is 1. The lowest BCUT2D eigenvalue weighted by Gasteiger charge is -2.16. The number of likely N-dealkylation sites (N-methyl/N-ethyl adjacent to an activating group) is 1. The molecule has 0 spiro atoms. The molecule has 5 nitrogen and oxygen atoms in total. The number of aromatic amines is 1. The van der Waals surface area contributed by atoms with E-state index in [2.05, 4.69) is 33.9 Å². The van der Waals surface area contributed by atoms with Gasteiger partial charge in [0.1, 0.15) is 5.69 Å². The molecule has 0 unspecified atom stereocenters. The first kappa shape index (κ1) is 14.4. The Balaban J connectivity index is 2.07. The lowest BCUT2D eigenvalue weighted by Crippen LogP contribution is -2.25. The molecule has 104 valence electrons. The number of hydrogen-bond acceptors (Lipinski definition) is 5. The molecule has 0 saturated carbocycles. The summed E-state index contributed by atoms with van der Waals surface area (Å²) in [6, 6.07) is 0. The number of H-pyrrole nitrogens is 1. The van der Waals surface area contributed by atoms with Gasteiger partial charge in [0.05, 0.1) is 5.01 Å². The molecule has 1 N–H and O–H groups in total. The van der Waals surface area contributed by atoms with E-state index in [0.717, 1.165) is 42.6 Å². The molecule has 0 aromatic carbocycles. The van der Waals surface area contributed by atoms with Gasteiger partial charge in [-0.25, -0.2) is 4.98 Å². The lowest BCUT2D eigenvalue weighted by molar-refractivity contribution is 0.308. The summed E-state index contributed by atoms with van der Waals surface area (Å²) in [6.07, 6.45) is 0.987. The summed E-state index contributed by atoms with van der Waals surface area (Å²) in [4.78, 5) is 7.04. The molecule has 0 aliphatic heterocycles. The van der Waals surface area contributed by atoms with Crippen molar-refractivity contribution in [1.29, 1.82) is 0 Å². The van der Waals surface area contributed by atoms with Crippen LogP contribution in [0.15, 0.2) is 5.38 Å². The largest absolute Gasteiger partial charge is 0.303 e. The highest BCUT2D eigenvalue weighted by atomic mass is 32.1. The van der Waals surface area contributed by atoms with E-state index in [1.165, 1.54) is 0 Å². The molecule has 0 bridgehead atoms. The zero-order valence-corrected chi connectivity index (χ0v) is 13.1. The summed E-state index contributed by atoms with van der Waals surface area (Å²) < 4.78 is 2.46. The molecule has 7 heteroatoms. The third-order valence-corrected chi connectivity index (χ3v) is 4.47. The van der Waals surface area contributed by atoms with Crippen LogP contribution in [-0.2, 0) is 13.5 Å². The molecular formula is C12H19N5S2. The third-order valence-electron chi connectivity index (χ3n) is 3.20. The van der Waals surface area contributed by atoms with E-state index >= 15 is 0 Å². The van der Waals surface area contributed by atoms with Crippen molar-refractivity contribution in [1.82, 2.24) is 24.6 Å². The molecule has 2 aromatic heterocycles. The monoisotopic (exact) mass is 297 g/mol. The molecule has 2 rings (SSSR count). The van der Waals surface area contributed by atoms with E-state index in [0.29, 0.717) is 4.77 Å². The number of nitrogens with zero attached hydrogens (tertiary/aromatic N) is 4. The minimum atomic E-state index is 0.618. The van der Waals surface area contributed by atoms with Gasteiger partial charge in [-0.15, -0.1) is 11.3 Å². The van der Waals surface area contributed by atoms with Gasteiger partial charge in [-0.3, -0.25) is 5.10 Å². The molecule has 0 saturated heterocycles. The first-order chi connectivity index (χ1) is 9.15. The second kappa shape index (κ2) is 6.40. The van der Waals surface area contributed by atoms with Crippen molar-refractivity contribution in [3.8, 4) is 11.5 Å². The molecule has 0 aliphatic rings. The normalized spacial score (nSPS) is 11.4. The van der Waals surface area contributed by atoms with Gasteiger partial charge < -0.3 is 9.47 Å².